The smallest absolute Gasteiger partial charge is 0.340 e. The number of nitrogens with zero attached hydrogens (tertiary/aromatic N) is 1. The minimum absolute atomic E-state index is 0.365. The molecule has 0 bridgehead atoms. The van der Waals surface area contributed by atoms with Crippen molar-refractivity contribution in [3.63, 3.8) is 0 Å². The summed E-state index contributed by atoms with van der Waals surface area (Å²) in [7, 11) is 1.37. The number of allylic oxidation sites excluding steroid dienone is 2. The number of esters is 1. The average molecular weight is 231 g/mol. The van der Waals surface area contributed by atoms with Crippen molar-refractivity contribution in [1.29, 1.82) is 0 Å². The molecule has 0 heterocycles. The van der Waals surface area contributed by atoms with E-state index in [1.807, 2.05) is 18.2 Å². The second kappa shape index (κ2) is 7.39. The van der Waals surface area contributed by atoms with Crippen LogP contribution in [0.4, 0.5) is 5.69 Å². The third kappa shape index (κ3) is 4.23. The van der Waals surface area contributed by atoms with Gasteiger partial charge in [0.1, 0.15) is 0 Å². The first-order valence-corrected chi connectivity index (χ1v) is 5.66. The molecule has 3 nitrogen and oxygen atoms in total. The van der Waals surface area contributed by atoms with Gasteiger partial charge in [-0.3, -0.25) is 4.99 Å². The molecule has 3 heteroatoms. The van der Waals surface area contributed by atoms with Crippen molar-refractivity contribution in [3.05, 3.63) is 42.0 Å². The number of hydrogen-bond donors (Lipinski definition) is 0. The Bertz CT molecular complexity index is 422. The number of hydrogen-bond acceptors (Lipinski definition) is 3. The third-order valence-corrected chi connectivity index (χ3v) is 2.20. The molecule has 0 aliphatic heterocycles. The first-order valence-electron chi connectivity index (χ1n) is 5.66. The Morgan fingerprint density at radius 3 is 2.88 bits per heavy atom. The summed E-state index contributed by atoms with van der Waals surface area (Å²) >= 11 is 0. The van der Waals surface area contributed by atoms with Crippen LogP contribution in [-0.2, 0) is 4.74 Å². The highest BCUT2D eigenvalue weighted by molar-refractivity contribution is 5.95. The van der Waals surface area contributed by atoms with Crippen molar-refractivity contribution in [2.45, 2.75) is 19.8 Å². The standard InChI is InChI=1S/C14H17NO2/c1-3-4-5-8-11-15-13-10-7-6-9-12(13)14(16)17-2/h5-11H,3-4H2,1-2H3/b8-5-,15-11?. The van der Waals surface area contributed by atoms with Gasteiger partial charge in [-0.05, 0) is 24.6 Å². The maximum atomic E-state index is 11.5. The molecule has 0 aromatic heterocycles. The van der Waals surface area contributed by atoms with Crippen LogP contribution in [0.2, 0.25) is 0 Å². The van der Waals surface area contributed by atoms with Gasteiger partial charge in [-0.25, -0.2) is 4.79 Å². The van der Waals surface area contributed by atoms with Crippen molar-refractivity contribution in [3.8, 4) is 0 Å². The number of aliphatic imine (C=N–C) groups is 1. The van der Waals surface area contributed by atoms with Gasteiger partial charge in [0.05, 0.1) is 18.4 Å². The van der Waals surface area contributed by atoms with E-state index in [0.29, 0.717) is 11.3 Å². The van der Waals surface area contributed by atoms with Crippen LogP contribution in [0.25, 0.3) is 0 Å². The number of carbonyl (C=O) groups excluding carboxylic acids is 1. The summed E-state index contributed by atoms with van der Waals surface area (Å²) in [6.45, 7) is 2.12. The molecule has 1 aromatic carbocycles. The van der Waals surface area contributed by atoms with E-state index in [1.165, 1.54) is 7.11 Å². The summed E-state index contributed by atoms with van der Waals surface area (Å²) in [4.78, 5) is 15.7. The molecular weight excluding hydrogens is 214 g/mol. The molecule has 1 aromatic rings. The molecule has 90 valence electrons. The van der Waals surface area contributed by atoms with Gasteiger partial charge in [0.2, 0.25) is 0 Å². The van der Waals surface area contributed by atoms with Crippen LogP contribution >= 0.6 is 0 Å². The summed E-state index contributed by atoms with van der Waals surface area (Å²) in [6, 6.07) is 7.12. The first kappa shape index (κ1) is 13.2. The third-order valence-electron chi connectivity index (χ3n) is 2.20. The summed E-state index contributed by atoms with van der Waals surface area (Å²) in [5.41, 5.74) is 1.11. The maximum absolute atomic E-state index is 11.5. The van der Waals surface area contributed by atoms with Crippen LogP contribution in [0, 0.1) is 0 Å². The van der Waals surface area contributed by atoms with Crippen LogP contribution < -0.4 is 0 Å². The largest absolute Gasteiger partial charge is 0.465 e. The topological polar surface area (TPSA) is 38.7 Å². The van der Waals surface area contributed by atoms with E-state index in [9.17, 15) is 4.79 Å². The molecule has 0 N–H and O–H groups in total. The van der Waals surface area contributed by atoms with Crippen molar-refractivity contribution >= 4 is 17.9 Å². The first-order chi connectivity index (χ1) is 8.29. The molecule has 0 fully saturated rings. The number of benzene rings is 1. The van der Waals surface area contributed by atoms with Crippen molar-refractivity contribution in [2.24, 2.45) is 4.99 Å². The number of methoxy groups -OCH3 is 1. The lowest BCUT2D eigenvalue weighted by Gasteiger charge is -2.01. The molecule has 0 unspecified atom stereocenters. The molecular formula is C14H17NO2. The highest BCUT2D eigenvalue weighted by Gasteiger charge is 2.08. The second-order valence-corrected chi connectivity index (χ2v) is 3.50. The summed E-state index contributed by atoms with van der Waals surface area (Å²) in [6.07, 6.45) is 7.77. The van der Waals surface area contributed by atoms with E-state index in [0.717, 1.165) is 12.8 Å². The lowest BCUT2D eigenvalue weighted by Crippen LogP contribution is -2.00. The van der Waals surface area contributed by atoms with Crippen LogP contribution in [0.5, 0.6) is 0 Å². The molecule has 0 amide bonds. The van der Waals surface area contributed by atoms with Gasteiger partial charge < -0.3 is 4.74 Å². The Kier molecular flexibility index (Phi) is 5.72. The van der Waals surface area contributed by atoms with E-state index < -0.39 is 0 Å². The summed E-state index contributed by atoms with van der Waals surface area (Å²) < 4.78 is 4.69. The number of ether oxygens (including phenoxy) is 1. The Morgan fingerprint density at radius 2 is 2.18 bits per heavy atom. The molecule has 0 aliphatic rings. The lowest BCUT2D eigenvalue weighted by molar-refractivity contribution is 0.0602. The van der Waals surface area contributed by atoms with Gasteiger partial charge in [-0.15, -0.1) is 0 Å². The number of carbonyl (C=O) groups is 1. The molecule has 0 saturated heterocycles. The van der Waals surface area contributed by atoms with Crippen LogP contribution in [0.3, 0.4) is 0 Å². The van der Waals surface area contributed by atoms with E-state index in [4.69, 9.17) is 4.74 Å². The predicted octanol–water partition coefficient (Wildman–Crippen LogP) is 3.53. The van der Waals surface area contributed by atoms with Gasteiger partial charge in [0, 0.05) is 6.21 Å². The highest BCUT2D eigenvalue weighted by atomic mass is 16.5. The molecule has 17 heavy (non-hydrogen) atoms. The van der Waals surface area contributed by atoms with E-state index in [1.54, 1.807) is 24.4 Å². The molecule has 0 atom stereocenters. The number of para-hydroxylation sites is 1. The monoisotopic (exact) mass is 231 g/mol. The van der Waals surface area contributed by atoms with Gasteiger partial charge in [-0.1, -0.05) is 31.6 Å². The molecule has 0 aliphatic carbocycles. The molecule has 0 saturated carbocycles. The fraction of sp³-hybridized carbons (Fsp3) is 0.286. The highest BCUT2D eigenvalue weighted by Crippen LogP contribution is 2.18. The zero-order chi connectivity index (χ0) is 12.5. The minimum Gasteiger partial charge on any atom is -0.465 e. The molecule has 0 radical (unpaired) electrons. The minimum atomic E-state index is -0.365. The van der Waals surface area contributed by atoms with Gasteiger partial charge >= 0.3 is 5.97 Å². The Balaban J connectivity index is 2.80. The normalized spacial score (nSPS) is 11.2. The molecule has 1 rings (SSSR count). The zero-order valence-corrected chi connectivity index (χ0v) is 10.2. The van der Waals surface area contributed by atoms with Crippen LogP contribution in [0.1, 0.15) is 30.1 Å². The Morgan fingerprint density at radius 1 is 1.41 bits per heavy atom. The Hall–Kier alpha value is -1.90. The average Bonchev–Trinajstić information content (AvgIpc) is 2.38. The Labute approximate surface area is 102 Å². The van der Waals surface area contributed by atoms with Crippen molar-refractivity contribution < 1.29 is 9.53 Å². The SMILES string of the molecule is CCC/C=C\C=Nc1ccccc1C(=O)OC. The van der Waals surface area contributed by atoms with E-state index >= 15 is 0 Å². The maximum Gasteiger partial charge on any atom is 0.340 e. The quantitative estimate of drug-likeness (QED) is 0.574. The lowest BCUT2D eigenvalue weighted by atomic mass is 10.2. The zero-order valence-electron chi connectivity index (χ0n) is 10.2. The second-order valence-electron chi connectivity index (χ2n) is 3.50. The van der Waals surface area contributed by atoms with Crippen molar-refractivity contribution in [2.75, 3.05) is 7.11 Å². The van der Waals surface area contributed by atoms with Gasteiger partial charge in [-0.2, -0.15) is 0 Å². The van der Waals surface area contributed by atoms with Gasteiger partial charge in [0.25, 0.3) is 0 Å². The van der Waals surface area contributed by atoms with Crippen molar-refractivity contribution in [1.82, 2.24) is 0 Å². The summed E-state index contributed by atoms with van der Waals surface area (Å²) in [5.74, 6) is -0.365. The van der Waals surface area contributed by atoms with E-state index in [2.05, 4.69) is 11.9 Å². The predicted molar refractivity (Wildman–Crippen MR) is 70.0 cm³/mol. The van der Waals surface area contributed by atoms with Crippen LogP contribution in [-0.4, -0.2) is 19.3 Å². The fourth-order valence-electron chi connectivity index (χ4n) is 1.32. The summed E-state index contributed by atoms with van der Waals surface area (Å²) in [5, 5.41) is 0. The number of unbranched alkanes of at least 4 members (excludes halogenated alkanes) is 1. The number of rotatable bonds is 5. The van der Waals surface area contributed by atoms with Gasteiger partial charge in [0.15, 0.2) is 0 Å². The fourth-order valence-corrected chi connectivity index (χ4v) is 1.32. The van der Waals surface area contributed by atoms with Crippen LogP contribution in [0.15, 0.2) is 41.4 Å². The van der Waals surface area contributed by atoms with E-state index in [-0.39, 0.29) is 5.97 Å². The molecule has 0 spiro atoms.